The Labute approximate surface area is 243 Å². The summed E-state index contributed by atoms with van der Waals surface area (Å²) >= 11 is 0. The summed E-state index contributed by atoms with van der Waals surface area (Å²) < 4.78 is 2.84. The maximum absolute atomic E-state index is 8.25. The topological polar surface area (TPSA) is 23.1 Å². The molecule has 0 bridgehead atoms. The van der Waals surface area contributed by atoms with Gasteiger partial charge in [-0.25, -0.2) is 0 Å². The number of unbranched alkanes of at least 4 members (excludes halogenated alkanes) is 8. The molecule has 37 heavy (non-hydrogen) atoms. The molecule has 0 saturated heterocycles. The average Bonchev–Trinajstić information content (AvgIpc) is 2.93. The Morgan fingerprint density at radius 2 is 0.405 bits per heavy atom. The number of nitrogens with zero attached hydrogens (tertiary/aromatic N) is 2. The van der Waals surface area contributed by atoms with Gasteiger partial charge >= 0.3 is 0 Å². The first-order valence-corrected chi connectivity index (χ1v) is 16.6. The monoisotopic (exact) mass is 551 g/mol. The first-order chi connectivity index (χ1) is 17.5. The molecule has 230 valence electrons. The van der Waals surface area contributed by atoms with Crippen LogP contribution in [0.2, 0.25) is 0 Å². The molecule has 3 nitrogen and oxygen atoms in total. The van der Waals surface area contributed by atoms with Crippen LogP contribution < -0.4 is 17.5 Å². The van der Waals surface area contributed by atoms with Crippen LogP contribution in [0.4, 0.5) is 0 Å². The van der Waals surface area contributed by atoms with Gasteiger partial charge in [0, 0.05) is 0 Å². The highest BCUT2D eigenvalue weighted by Gasteiger charge is 2.25. The first kappa shape index (κ1) is 44.2. The largest absolute Gasteiger partial charge is 1.00 e. The van der Waals surface area contributed by atoms with Gasteiger partial charge in [0.1, 0.15) is 0 Å². The molecule has 0 radical (unpaired) electrons. The van der Waals surface area contributed by atoms with Gasteiger partial charge in [0.2, 0.25) is 0 Å². The van der Waals surface area contributed by atoms with Crippen molar-refractivity contribution in [3.63, 3.8) is 0 Å². The van der Waals surface area contributed by atoms with Crippen molar-refractivity contribution in [1.82, 2.24) is 0 Å². The summed E-state index contributed by atoms with van der Waals surface area (Å²) in [7, 11) is 0.750. The smallest absolute Gasteiger partial charge is 0.0786 e. The van der Waals surface area contributed by atoms with E-state index < -0.39 is 0 Å². The van der Waals surface area contributed by atoms with E-state index in [2.05, 4.69) is 55.4 Å². The van der Waals surface area contributed by atoms with Gasteiger partial charge in [0.25, 0.3) is 0 Å². The molecule has 0 aliphatic carbocycles. The van der Waals surface area contributed by atoms with Crippen LogP contribution in [0.25, 0.3) is 0 Å². The lowest BCUT2D eigenvalue weighted by atomic mass is 10.1. The van der Waals surface area contributed by atoms with Crippen molar-refractivity contribution in [3.8, 4) is 0 Å². The van der Waals surface area contributed by atoms with E-state index in [1.54, 1.807) is 0 Å². The van der Waals surface area contributed by atoms with Gasteiger partial charge in [0.05, 0.1) is 52.4 Å². The summed E-state index contributed by atoms with van der Waals surface area (Å²) in [5.74, 6) is 0. The minimum absolute atomic E-state index is 0. The number of rotatable bonds is 24. The third-order valence-corrected chi connectivity index (χ3v) is 7.89. The predicted molar refractivity (Wildman–Crippen MR) is 165 cm³/mol. The summed E-state index contributed by atoms with van der Waals surface area (Å²) in [6.07, 6.45) is 22.1. The number of halogens is 1. The van der Waals surface area contributed by atoms with Crippen LogP contribution in [0.3, 0.4) is 0 Å². The van der Waals surface area contributed by atoms with Crippen molar-refractivity contribution in [1.29, 1.82) is 0 Å². The van der Waals surface area contributed by atoms with E-state index in [9.17, 15) is 0 Å². The van der Waals surface area contributed by atoms with Gasteiger partial charge in [-0.3, -0.25) is 0 Å². The van der Waals surface area contributed by atoms with Crippen molar-refractivity contribution < 1.29 is 26.5 Å². The lowest BCUT2D eigenvalue weighted by Crippen LogP contribution is -3.00. The van der Waals surface area contributed by atoms with E-state index in [0.717, 1.165) is 7.11 Å². The molecule has 4 heteroatoms. The fraction of sp³-hybridized carbons (Fsp3) is 1.00. The van der Waals surface area contributed by atoms with Gasteiger partial charge in [-0.15, -0.1) is 0 Å². The SMILES string of the molecule is CCCC[N+](CCCC)(CCCC)CCCC.CCCC[N+](CCCC)(CCCC)CCCC.C[O-].[Cl-]. The summed E-state index contributed by atoms with van der Waals surface area (Å²) in [6.45, 7) is 30.0. The Kier molecular flexibility index (Phi) is 40.9. The van der Waals surface area contributed by atoms with E-state index in [4.69, 9.17) is 5.11 Å². The van der Waals surface area contributed by atoms with E-state index in [-0.39, 0.29) is 12.4 Å². The van der Waals surface area contributed by atoms with Gasteiger partial charge < -0.3 is 26.5 Å². The van der Waals surface area contributed by atoms with Gasteiger partial charge in [0.15, 0.2) is 0 Å². The molecule has 0 aliphatic rings. The second kappa shape index (κ2) is 34.2. The molecule has 0 aliphatic heterocycles. The summed E-state index contributed by atoms with van der Waals surface area (Å²) in [6, 6.07) is 0. The Balaban J connectivity index is -0.000000269. The maximum atomic E-state index is 8.25. The zero-order valence-electron chi connectivity index (χ0n) is 27.7. The molecule has 0 N–H and O–H groups in total. The highest BCUT2D eigenvalue weighted by atomic mass is 35.5. The Morgan fingerprint density at radius 3 is 0.486 bits per heavy atom. The molecular formula is C33H75ClN2O. The second-order valence-electron chi connectivity index (χ2n) is 11.3. The van der Waals surface area contributed by atoms with E-state index >= 15 is 0 Å². The van der Waals surface area contributed by atoms with Crippen LogP contribution >= 0.6 is 0 Å². The molecule has 0 heterocycles. The lowest BCUT2D eigenvalue weighted by Gasteiger charge is -2.39. The van der Waals surface area contributed by atoms with Crippen LogP contribution in [-0.2, 0) is 0 Å². The Hall–Kier alpha value is 0.170. The standard InChI is InChI=1S/2C16H36N.CH3O.ClH/c2*1-5-9-13-17(14-10-6-2,15-11-7-3)16-12-8-4;1-2;/h2*5-16H2,1-4H3;1H3;1H/q2*+1;-1;/p-1. The summed E-state index contributed by atoms with van der Waals surface area (Å²) in [5, 5.41) is 8.25. The van der Waals surface area contributed by atoms with Crippen LogP contribution in [0, 0.1) is 0 Å². The zero-order chi connectivity index (χ0) is 28.0. The van der Waals surface area contributed by atoms with Crippen molar-refractivity contribution in [3.05, 3.63) is 0 Å². The molecular weight excluding hydrogens is 476 g/mol. The van der Waals surface area contributed by atoms with Gasteiger partial charge in [-0.05, 0) is 51.4 Å². The van der Waals surface area contributed by atoms with E-state index in [1.807, 2.05) is 0 Å². The van der Waals surface area contributed by atoms with Crippen LogP contribution in [-0.4, -0.2) is 68.4 Å². The molecule has 0 aromatic heterocycles. The molecule has 0 fully saturated rings. The minimum atomic E-state index is 0. The number of quaternary nitrogens is 2. The number of hydrogen-bond acceptors (Lipinski definition) is 1. The van der Waals surface area contributed by atoms with E-state index in [0.29, 0.717) is 0 Å². The van der Waals surface area contributed by atoms with E-state index in [1.165, 1.54) is 164 Å². The highest BCUT2D eigenvalue weighted by molar-refractivity contribution is 4.50. The third-order valence-electron chi connectivity index (χ3n) is 7.89. The quantitative estimate of drug-likeness (QED) is 0.135. The average molecular weight is 551 g/mol. The molecule has 0 amide bonds. The Bertz CT molecular complexity index is 281. The third kappa shape index (κ3) is 26.2. The first-order valence-electron chi connectivity index (χ1n) is 16.6. The Morgan fingerprint density at radius 1 is 0.297 bits per heavy atom. The molecule has 0 atom stereocenters. The van der Waals surface area contributed by atoms with Gasteiger partial charge in [-0.2, -0.15) is 7.11 Å². The normalized spacial score (nSPS) is 11.2. The van der Waals surface area contributed by atoms with Crippen LogP contribution in [0.15, 0.2) is 0 Å². The molecule has 0 spiro atoms. The molecule has 0 saturated carbocycles. The fourth-order valence-electron chi connectivity index (χ4n) is 5.29. The zero-order valence-corrected chi connectivity index (χ0v) is 28.4. The predicted octanol–water partition coefficient (Wildman–Crippen LogP) is 5.99. The van der Waals surface area contributed by atoms with Crippen LogP contribution in [0.1, 0.15) is 158 Å². The fourth-order valence-corrected chi connectivity index (χ4v) is 5.29. The molecule has 0 rings (SSSR count). The van der Waals surface area contributed by atoms with Gasteiger partial charge in [-0.1, -0.05) is 107 Å². The highest BCUT2D eigenvalue weighted by Crippen LogP contribution is 2.17. The molecule has 0 aromatic carbocycles. The summed E-state index contributed by atoms with van der Waals surface area (Å²) in [5.41, 5.74) is 0. The number of hydrogen-bond donors (Lipinski definition) is 0. The summed E-state index contributed by atoms with van der Waals surface area (Å²) in [4.78, 5) is 0. The minimum Gasteiger partial charge on any atom is -1.00 e. The molecule has 0 unspecified atom stereocenters. The second-order valence-corrected chi connectivity index (χ2v) is 11.3. The van der Waals surface area contributed by atoms with Crippen LogP contribution in [0.5, 0.6) is 0 Å². The lowest BCUT2D eigenvalue weighted by molar-refractivity contribution is -0.929. The maximum Gasteiger partial charge on any atom is 0.0786 e. The van der Waals surface area contributed by atoms with Crippen molar-refractivity contribution in [2.75, 3.05) is 59.5 Å². The van der Waals surface area contributed by atoms with Crippen molar-refractivity contribution >= 4 is 0 Å². The van der Waals surface area contributed by atoms with Crippen molar-refractivity contribution in [2.45, 2.75) is 158 Å². The van der Waals surface area contributed by atoms with Crippen molar-refractivity contribution in [2.24, 2.45) is 0 Å². The molecule has 0 aromatic rings.